The van der Waals surface area contributed by atoms with Crippen LogP contribution in [-0.2, 0) is 19.1 Å². The molecule has 0 aromatic rings. The van der Waals surface area contributed by atoms with Gasteiger partial charge in [0, 0.05) is 0 Å². The molecule has 2 atom stereocenters. The highest BCUT2D eigenvalue weighted by atomic mass is 16.6. The number of esters is 1. The first-order valence-electron chi connectivity index (χ1n) is 7.24. The lowest BCUT2D eigenvalue weighted by Crippen LogP contribution is -2.51. The van der Waals surface area contributed by atoms with Crippen LogP contribution in [0.4, 0.5) is 4.79 Å². The minimum Gasteiger partial charge on any atom is -0.458 e. The second-order valence-electron chi connectivity index (χ2n) is 7.13. The van der Waals surface area contributed by atoms with Gasteiger partial charge in [-0.2, -0.15) is 0 Å². The molecule has 0 aliphatic heterocycles. The number of rotatable bonds is 4. The molecule has 0 rings (SSSR count). The third-order valence-corrected chi connectivity index (χ3v) is 2.25. The Morgan fingerprint density at radius 1 is 0.773 bits per heavy atom. The highest BCUT2D eigenvalue weighted by Crippen LogP contribution is 2.09. The quantitative estimate of drug-likeness (QED) is 0.771. The summed E-state index contributed by atoms with van der Waals surface area (Å²) in [4.78, 5) is 35.3. The van der Waals surface area contributed by atoms with Crippen molar-refractivity contribution in [3.63, 3.8) is 0 Å². The van der Waals surface area contributed by atoms with Crippen molar-refractivity contribution >= 4 is 18.0 Å². The van der Waals surface area contributed by atoms with Crippen LogP contribution in [-0.4, -0.2) is 41.3 Å². The third-order valence-electron chi connectivity index (χ3n) is 2.25. The van der Waals surface area contributed by atoms with E-state index in [9.17, 15) is 14.4 Å². The zero-order chi connectivity index (χ0) is 17.7. The maximum atomic E-state index is 11.9. The van der Waals surface area contributed by atoms with Crippen molar-refractivity contribution in [2.24, 2.45) is 0 Å². The maximum absolute atomic E-state index is 11.9. The van der Waals surface area contributed by atoms with Gasteiger partial charge in [-0.25, -0.2) is 9.59 Å². The second-order valence-corrected chi connectivity index (χ2v) is 7.13. The molecule has 0 radical (unpaired) electrons. The van der Waals surface area contributed by atoms with Crippen molar-refractivity contribution in [1.82, 2.24) is 10.6 Å². The molecule has 0 fully saturated rings. The predicted octanol–water partition coefficient (Wildman–Crippen LogP) is 1.75. The molecule has 0 aromatic heterocycles. The number of amides is 2. The summed E-state index contributed by atoms with van der Waals surface area (Å²) in [6.07, 6.45) is -0.694. The van der Waals surface area contributed by atoms with Crippen LogP contribution in [0.3, 0.4) is 0 Å². The van der Waals surface area contributed by atoms with Crippen molar-refractivity contribution in [2.45, 2.75) is 78.7 Å². The van der Waals surface area contributed by atoms with Gasteiger partial charge in [0.2, 0.25) is 5.91 Å². The Morgan fingerprint density at radius 3 is 1.64 bits per heavy atom. The number of alkyl carbamates (subject to hydrolysis) is 1. The average Bonchev–Trinajstić information content (AvgIpc) is 2.23. The van der Waals surface area contributed by atoms with Crippen LogP contribution < -0.4 is 10.6 Å². The van der Waals surface area contributed by atoms with E-state index in [-0.39, 0.29) is 0 Å². The lowest BCUT2D eigenvalue weighted by molar-refractivity contribution is -0.158. The minimum atomic E-state index is -0.834. The van der Waals surface area contributed by atoms with Gasteiger partial charge in [-0.3, -0.25) is 4.79 Å². The van der Waals surface area contributed by atoms with E-state index in [2.05, 4.69) is 10.6 Å². The molecule has 0 bridgehead atoms. The van der Waals surface area contributed by atoms with E-state index in [4.69, 9.17) is 9.47 Å². The van der Waals surface area contributed by atoms with Crippen LogP contribution >= 0.6 is 0 Å². The standard InChI is InChI=1S/C15H28N2O5/c1-9(17-13(20)22-15(6,7)8)11(18)16-10(2)12(19)21-14(3,4)5/h9-10H,1-8H3,(H,16,18)(H,17,20)/t9-,10-/m0/s1. The summed E-state index contributed by atoms with van der Waals surface area (Å²) in [5.74, 6) is -1.03. The van der Waals surface area contributed by atoms with E-state index in [0.29, 0.717) is 0 Å². The minimum absolute atomic E-state index is 0.496. The molecule has 128 valence electrons. The molecule has 2 N–H and O–H groups in total. The van der Waals surface area contributed by atoms with Crippen LogP contribution in [0.25, 0.3) is 0 Å². The third kappa shape index (κ3) is 9.20. The largest absolute Gasteiger partial charge is 0.458 e. The van der Waals surface area contributed by atoms with Crippen LogP contribution in [0.2, 0.25) is 0 Å². The zero-order valence-corrected chi connectivity index (χ0v) is 14.7. The van der Waals surface area contributed by atoms with Crippen LogP contribution in [0.15, 0.2) is 0 Å². The van der Waals surface area contributed by atoms with E-state index < -0.39 is 41.3 Å². The first kappa shape index (κ1) is 20.2. The summed E-state index contributed by atoms with van der Waals surface area (Å²) < 4.78 is 10.2. The fraction of sp³-hybridized carbons (Fsp3) is 0.800. The smallest absolute Gasteiger partial charge is 0.408 e. The first-order valence-corrected chi connectivity index (χ1v) is 7.24. The first-order chi connectivity index (χ1) is 9.71. The summed E-state index contributed by atoms with van der Waals surface area (Å²) >= 11 is 0. The lowest BCUT2D eigenvalue weighted by atomic mass is 10.2. The molecule has 0 saturated carbocycles. The van der Waals surface area contributed by atoms with E-state index in [1.165, 1.54) is 13.8 Å². The summed E-state index contributed by atoms with van der Waals surface area (Å²) in [5.41, 5.74) is -1.28. The summed E-state index contributed by atoms with van der Waals surface area (Å²) in [7, 11) is 0. The van der Waals surface area contributed by atoms with Crippen LogP contribution in [0, 0.1) is 0 Å². The molecule has 0 heterocycles. The maximum Gasteiger partial charge on any atom is 0.408 e. The molecule has 0 saturated heterocycles. The Balaban J connectivity index is 4.41. The average molecular weight is 316 g/mol. The number of nitrogens with one attached hydrogen (secondary N) is 2. The van der Waals surface area contributed by atoms with Gasteiger partial charge in [0.1, 0.15) is 23.3 Å². The normalized spacial score (nSPS) is 14.5. The van der Waals surface area contributed by atoms with E-state index in [0.717, 1.165) is 0 Å². The molecule has 0 aromatic carbocycles. The highest BCUT2D eigenvalue weighted by Gasteiger charge is 2.26. The highest BCUT2D eigenvalue weighted by molar-refractivity contribution is 5.89. The summed E-state index contributed by atoms with van der Waals surface area (Å²) in [6.45, 7) is 13.4. The fourth-order valence-corrected chi connectivity index (χ4v) is 1.34. The molecule has 0 unspecified atom stereocenters. The Bertz CT molecular complexity index is 421. The molecular weight excluding hydrogens is 288 g/mol. The van der Waals surface area contributed by atoms with Gasteiger partial charge in [-0.05, 0) is 55.4 Å². The Kier molecular flexibility index (Phi) is 6.86. The van der Waals surface area contributed by atoms with E-state index in [1.807, 2.05) is 0 Å². The van der Waals surface area contributed by atoms with E-state index >= 15 is 0 Å². The molecule has 2 amide bonds. The molecule has 7 nitrogen and oxygen atoms in total. The fourth-order valence-electron chi connectivity index (χ4n) is 1.34. The number of carbonyl (C=O) groups is 3. The second kappa shape index (κ2) is 7.47. The van der Waals surface area contributed by atoms with Gasteiger partial charge in [0.25, 0.3) is 0 Å². The SMILES string of the molecule is C[C@H](NC(=O)OC(C)(C)C)C(=O)N[C@@H](C)C(=O)OC(C)(C)C. The van der Waals surface area contributed by atoms with Crippen molar-refractivity contribution in [3.8, 4) is 0 Å². The van der Waals surface area contributed by atoms with Gasteiger partial charge < -0.3 is 20.1 Å². The van der Waals surface area contributed by atoms with Crippen LogP contribution in [0.1, 0.15) is 55.4 Å². The Hall–Kier alpha value is -1.79. The van der Waals surface area contributed by atoms with Gasteiger partial charge in [-0.1, -0.05) is 0 Å². The zero-order valence-electron chi connectivity index (χ0n) is 14.7. The van der Waals surface area contributed by atoms with Crippen molar-refractivity contribution < 1.29 is 23.9 Å². The van der Waals surface area contributed by atoms with E-state index in [1.54, 1.807) is 41.5 Å². The predicted molar refractivity (Wildman–Crippen MR) is 82.3 cm³/mol. The van der Waals surface area contributed by atoms with Crippen molar-refractivity contribution in [2.75, 3.05) is 0 Å². The van der Waals surface area contributed by atoms with Gasteiger partial charge in [0.15, 0.2) is 0 Å². The van der Waals surface area contributed by atoms with Gasteiger partial charge in [-0.15, -0.1) is 0 Å². The molecule has 22 heavy (non-hydrogen) atoms. The molecule has 7 heteroatoms. The van der Waals surface area contributed by atoms with Crippen LogP contribution in [0.5, 0.6) is 0 Å². The molecular formula is C15H28N2O5. The number of ether oxygens (including phenoxy) is 2. The molecule has 0 spiro atoms. The lowest BCUT2D eigenvalue weighted by Gasteiger charge is -2.24. The van der Waals surface area contributed by atoms with Gasteiger partial charge in [0.05, 0.1) is 0 Å². The monoisotopic (exact) mass is 316 g/mol. The summed E-state index contributed by atoms with van der Waals surface area (Å²) in [5, 5.41) is 4.89. The Labute approximate surface area is 132 Å². The topological polar surface area (TPSA) is 93.7 Å². The summed E-state index contributed by atoms with van der Waals surface area (Å²) in [6, 6.07) is -1.64. The number of carbonyl (C=O) groups excluding carboxylic acids is 3. The molecule has 0 aliphatic carbocycles. The van der Waals surface area contributed by atoms with Gasteiger partial charge >= 0.3 is 12.1 Å². The van der Waals surface area contributed by atoms with Crippen molar-refractivity contribution in [1.29, 1.82) is 0 Å². The molecule has 0 aliphatic rings. The van der Waals surface area contributed by atoms with Crippen molar-refractivity contribution in [3.05, 3.63) is 0 Å². The number of hydrogen-bond acceptors (Lipinski definition) is 5. The number of hydrogen-bond donors (Lipinski definition) is 2. The Morgan fingerprint density at radius 2 is 1.23 bits per heavy atom.